The summed E-state index contributed by atoms with van der Waals surface area (Å²) in [5, 5.41) is 0. The van der Waals surface area contributed by atoms with Gasteiger partial charge in [0.2, 0.25) is 0 Å². The minimum absolute atomic E-state index is 0.164. The first-order valence-corrected chi connectivity index (χ1v) is 8.39. The summed E-state index contributed by atoms with van der Waals surface area (Å²) in [6, 6.07) is 6.17. The first-order valence-electron chi connectivity index (χ1n) is 8.39. The fourth-order valence-electron chi connectivity index (χ4n) is 3.01. The number of hydrogen-bond acceptors (Lipinski definition) is 4. The molecule has 26 heavy (non-hydrogen) atoms. The van der Waals surface area contributed by atoms with Crippen molar-refractivity contribution >= 4 is 16.9 Å². The van der Waals surface area contributed by atoms with E-state index in [0.29, 0.717) is 18.6 Å². The molecule has 3 rings (SSSR count). The van der Waals surface area contributed by atoms with E-state index < -0.39 is 5.91 Å². The van der Waals surface area contributed by atoms with E-state index in [-0.39, 0.29) is 17.0 Å². The number of carbonyl (C=O) groups excluding carboxylic acids is 1. The van der Waals surface area contributed by atoms with Crippen LogP contribution in [0.25, 0.3) is 11.0 Å². The molecule has 0 fully saturated rings. The lowest BCUT2D eigenvalue weighted by molar-refractivity contribution is 0.0970. The molecule has 0 aliphatic heterocycles. The first-order chi connectivity index (χ1) is 12.1. The van der Waals surface area contributed by atoms with E-state index in [4.69, 9.17) is 10.2 Å². The van der Waals surface area contributed by atoms with E-state index in [0.717, 1.165) is 22.7 Å². The number of furan rings is 1. The van der Waals surface area contributed by atoms with Crippen molar-refractivity contribution in [3.8, 4) is 0 Å². The maximum atomic E-state index is 13.3. The van der Waals surface area contributed by atoms with E-state index in [1.165, 1.54) is 12.1 Å². The van der Waals surface area contributed by atoms with Gasteiger partial charge < -0.3 is 15.1 Å². The molecule has 7 heteroatoms. The van der Waals surface area contributed by atoms with Crippen molar-refractivity contribution in [2.24, 2.45) is 5.73 Å². The van der Waals surface area contributed by atoms with Crippen molar-refractivity contribution in [1.82, 2.24) is 14.9 Å². The Balaban J connectivity index is 1.80. The van der Waals surface area contributed by atoms with E-state index in [1.54, 1.807) is 12.1 Å². The second-order valence-electron chi connectivity index (χ2n) is 7.60. The molecule has 0 bridgehead atoms. The van der Waals surface area contributed by atoms with E-state index in [1.807, 2.05) is 32.7 Å². The van der Waals surface area contributed by atoms with Gasteiger partial charge >= 0.3 is 0 Å². The third kappa shape index (κ3) is 3.77. The van der Waals surface area contributed by atoms with Crippen LogP contribution in [0.4, 0.5) is 4.39 Å². The standard InChI is InChI=1S/C19H23FN4O2/c1-19(2,3)17-11(7-15(26-17)18(21)25)9-24(4)10-16-22-13-6-5-12(20)8-14(13)23-16/h5-8H,9-10H2,1-4H3,(H2,21,25)(H,22,23). The van der Waals surface area contributed by atoms with Crippen molar-refractivity contribution in [2.75, 3.05) is 7.05 Å². The van der Waals surface area contributed by atoms with Crippen LogP contribution in [0.3, 0.4) is 0 Å². The number of carbonyl (C=O) groups is 1. The van der Waals surface area contributed by atoms with Crippen LogP contribution in [0.2, 0.25) is 0 Å². The number of aromatic amines is 1. The third-order valence-corrected chi connectivity index (χ3v) is 4.09. The van der Waals surface area contributed by atoms with Crippen LogP contribution in [-0.2, 0) is 18.5 Å². The minimum atomic E-state index is -0.580. The highest BCUT2D eigenvalue weighted by molar-refractivity contribution is 5.90. The van der Waals surface area contributed by atoms with Gasteiger partial charge in [0.05, 0.1) is 17.6 Å². The van der Waals surface area contributed by atoms with Crippen LogP contribution < -0.4 is 5.73 Å². The van der Waals surface area contributed by atoms with Crippen LogP contribution in [-0.4, -0.2) is 27.8 Å². The lowest BCUT2D eigenvalue weighted by Gasteiger charge is -2.20. The highest BCUT2D eigenvalue weighted by atomic mass is 19.1. The molecular formula is C19H23FN4O2. The molecule has 0 aliphatic rings. The minimum Gasteiger partial charge on any atom is -0.455 e. The number of nitrogens with two attached hydrogens (primary N) is 1. The topological polar surface area (TPSA) is 88.1 Å². The number of nitrogens with zero attached hydrogens (tertiary/aromatic N) is 2. The summed E-state index contributed by atoms with van der Waals surface area (Å²) in [4.78, 5) is 21.1. The number of imidazole rings is 1. The lowest BCUT2D eigenvalue weighted by Crippen LogP contribution is -2.21. The Labute approximate surface area is 151 Å². The number of nitrogens with one attached hydrogen (secondary N) is 1. The van der Waals surface area contributed by atoms with Gasteiger partial charge in [0, 0.05) is 17.5 Å². The van der Waals surface area contributed by atoms with Gasteiger partial charge in [-0.25, -0.2) is 9.37 Å². The van der Waals surface area contributed by atoms with Gasteiger partial charge in [-0.15, -0.1) is 0 Å². The summed E-state index contributed by atoms with van der Waals surface area (Å²) in [5.41, 5.74) is 7.42. The molecule has 138 valence electrons. The highest BCUT2D eigenvalue weighted by Crippen LogP contribution is 2.30. The van der Waals surface area contributed by atoms with E-state index >= 15 is 0 Å². The molecule has 3 aromatic rings. The summed E-state index contributed by atoms with van der Waals surface area (Å²) >= 11 is 0. The number of amides is 1. The summed E-state index contributed by atoms with van der Waals surface area (Å²) in [5.74, 6) is 0.767. The van der Waals surface area contributed by atoms with E-state index in [9.17, 15) is 9.18 Å². The van der Waals surface area contributed by atoms with Gasteiger partial charge in [0.1, 0.15) is 17.4 Å². The second-order valence-corrected chi connectivity index (χ2v) is 7.60. The third-order valence-electron chi connectivity index (χ3n) is 4.09. The molecule has 1 amide bonds. The first kappa shape index (κ1) is 18.1. The molecule has 0 saturated carbocycles. The predicted octanol–water partition coefficient (Wildman–Crippen LogP) is 3.32. The van der Waals surface area contributed by atoms with Crippen LogP contribution in [0.15, 0.2) is 28.7 Å². The van der Waals surface area contributed by atoms with Crippen LogP contribution in [0, 0.1) is 5.82 Å². The SMILES string of the molecule is CN(Cc1nc2ccc(F)cc2[nH]1)Cc1cc(C(N)=O)oc1C(C)(C)C. The largest absolute Gasteiger partial charge is 0.455 e. The van der Waals surface area contributed by atoms with Crippen LogP contribution in [0.1, 0.15) is 48.5 Å². The molecular weight excluding hydrogens is 335 g/mol. The Morgan fingerprint density at radius 2 is 2.04 bits per heavy atom. The monoisotopic (exact) mass is 358 g/mol. The molecule has 0 radical (unpaired) electrons. The average molecular weight is 358 g/mol. The smallest absolute Gasteiger partial charge is 0.284 e. The van der Waals surface area contributed by atoms with E-state index in [2.05, 4.69) is 9.97 Å². The molecule has 1 aromatic carbocycles. The average Bonchev–Trinajstić information content (AvgIpc) is 3.09. The highest BCUT2D eigenvalue weighted by Gasteiger charge is 2.25. The number of fused-ring (bicyclic) bond motifs is 1. The number of hydrogen-bond donors (Lipinski definition) is 2. The van der Waals surface area contributed by atoms with Gasteiger partial charge in [-0.05, 0) is 31.3 Å². The normalized spacial score (nSPS) is 12.2. The van der Waals surface area contributed by atoms with Gasteiger partial charge in [-0.1, -0.05) is 20.8 Å². The zero-order valence-corrected chi connectivity index (χ0v) is 15.4. The van der Waals surface area contributed by atoms with Gasteiger partial charge in [-0.2, -0.15) is 0 Å². The van der Waals surface area contributed by atoms with Crippen molar-refractivity contribution in [3.05, 3.63) is 53.0 Å². The van der Waals surface area contributed by atoms with Crippen molar-refractivity contribution in [2.45, 2.75) is 39.3 Å². The Morgan fingerprint density at radius 3 is 2.69 bits per heavy atom. The Hall–Kier alpha value is -2.67. The number of benzene rings is 1. The number of rotatable bonds is 5. The molecule has 0 aliphatic carbocycles. The van der Waals surface area contributed by atoms with Gasteiger partial charge in [0.25, 0.3) is 5.91 Å². The van der Waals surface area contributed by atoms with Crippen LogP contribution >= 0.6 is 0 Å². The number of primary amides is 1. The molecule has 6 nitrogen and oxygen atoms in total. The molecule has 2 heterocycles. The summed E-state index contributed by atoms with van der Waals surface area (Å²) in [7, 11) is 1.94. The Morgan fingerprint density at radius 1 is 1.31 bits per heavy atom. The summed E-state index contributed by atoms with van der Waals surface area (Å²) in [6.07, 6.45) is 0. The Bertz CT molecular complexity index is 952. The fraction of sp³-hybridized carbons (Fsp3) is 0.368. The maximum absolute atomic E-state index is 13.3. The number of aromatic nitrogens is 2. The second kappa shape index (κ2) is 6.57. The Kier molecular flexibility index (Phi) is 4.58. The molecule has 2 aromatic heterocycles. The van der Waals surface area contributed by atoms with Crippen molar-refractivity contribution in [1.29, 1.82) is 0 Å². The number of halogens is 1. The van der Waals surface area contributed by atoms with Gasteiger partial charge in [0.15, 0.2) is 5.76 Å². The quantitative estimate of drug-likeness (QED) is 0.732. The zero-order chi connectivity index (χ0) is 19.1. The van der Waals surface area contributed by atoms with Crippen LogP contribution in [0.5, 0.6) is 0 Å². The molecule has 0 atom stereocenters. The lowest BCUT2D eigenvalue weighted by atomic mass is 9.90. The maximum Gasteiger partial charge on any atom is 0.284 e. The summed E-state index contributed by atoms with van der Waals surface area (Å²) < 4.78 is 19.0. The van der Waals surface area contributed by atoms with Gasteiger partial charge in [-0.3, -0.25) is 9.69 Å². The molecule has 0 spiro atoms. The predicted molar refractivity (Wildman–Crippen MR) is 97.1 cm³/mol. The fourth-order valence-corrected chi connectivity index (χ4v) is 3.01. The molecule has 3 N–H and O–H groups in total. The van der Waals surface area contributed by atoms with Crippen molar-refractivity contribution in [3.63, 3.8) is 0 Å². The summed E-state index contributed by atoms with van der Waals surface area (Å²) in [6.45, 7) is 7.17. The van der Waals surface area contributed by atoms with Crippen molar-refractivity contribution < 1.29 is 13.6 Å². The zero-order valence-electron chi connectivity index (χ0n) is 15.4. The number of H-pyrrole nitrogens is 1. The molecule has 0 unspecified atom stereocenters. The molecule has 0 saturated heterocycles.